The van der Waals surface area contributed by atoms with Crippen LogP contribution >= 0.6 is 15.9 Å². The summed E-state index contributed by atoms with van der Waals surface area (Å²) < 4.78 is 79.0. The van der Waals surface area contributed by atoms with Gasteiger partial charge in [-0.1, -0.05) is 0 Å². The van der Waals surface area contributed by atoms with Crippen LogP contribution in [0.15, 0.2) is 47.6 Å². The second-order valence-electron chi connectivity index (χ2n) is 5.99. The Labute approximate surface area is 183 Å². The van der Waals surface area contributed by atoms with Gasteiger partial charge < -0.3 is 0 Å². The third kappa shape index (κ3) is 5.81. The summed E-state index contributed by atoms with van der Waals surface area (Å²) in [6.45, 7) is 0. The minimum Gasteiger partial charge on any atom is -0.280 e. The molecule has 0 fully saturated rings. The molecule has 0 unspecified atom stereocenters. The molecule has 1 aromatic carbocycles. The molecule has 0 saturated carbocycles. The molecule has 0 aliphatic rings. The number of hydrogen-bond acceptors (Lipinski definition) is 6. The minimum absolute atomic E-state index is 0.00539. The van der Waals surface area contributed by atoms with Crippen molar-refractivity contribution in [2.24, 2.45) is 0 Å². The fourth-order valence-electron chi connectivity index (χ4n) is 2.27. The number of amides is 1. The van der Waals surface area contributed by atoms with Crippen LogP contribution in [0.1, 0.15) is 11.1 Å². The van der Waals surface area contributed by atoms with Gasteiger partial charge >= 0.3 is 12.4 Å². The first-order chi connectivity index (χ1) is 14.9. The largest absolute Gasteiger partial charge is 0.416 e. The van der Waals surface area contributed by atoms with Gasteiger partial charge in [-0.3, -0.25) is 20.6 Å². The zero-order chi connectivity index (χ0) is 23.5. The lowest BCUT2D eigenvalue weighted by molar-refractivity contribution is -0.143. The van der Waals surface area contributed by atoms with Crippen molar-refractivity contribution in [3.05, 3.63) is 58.7 Å². The van der Waals surface area contributed by atoms with Crippen molar-refractivity contribution in [2.45, 2.75) is 12.4 Å². The summed E-state index contributed by atoms with van der Waals surface area (Å²) in [6, 6.07) is 1.02. The first kappa shape index (κ1) is 23.2. The summed E-state index contributed by atoms with van der Waals surface area (Å²) in [5, 5.41) is 3.81. The topological polar surface area (TPSA) is 97.6 Å². The van der Waals surface area contributed by atoms with Gasteiger partial charge in [-0.2, -0.15) is 26.3 Å². The van der Waals surface area contributed by atoms with Crippen molar-refractivity contribution in [2.75, 3.05) is 5.43 Å². The highest BCUT2D eigenvalue weighted by molar-refractivity contribution is 9.12. The van der Waals surface area contributed by atoms with Gasteiger partial charge in [-0.05, 0) is 34.1 Å². The number of benzene rings is 1. The van der Waals surface area contributed by atoms with Crippen molar-refractivity contribution in [3.63, 3.8) is 0 Å². The van der Waals surface area contributed by atoms with Crippen molar-refractivity contribution in [1.82, 2.24) is 30.2 Å². The lowest BCUT2D eigenvalue weighted by Crippen LogP contribution is -2.29. The second kappa shape index (κ2) is 8.94. The highest BCUT2D eigenvalue weighted by Gasteiger charge is 2.37. The maximum Gasteiger partial charge on any atom is 0.416 e. The third-order valence-electron chi connectivity index (χ3n) is 3.68. The number of hydrogen-bond donors (Lipinski definition) is 2. The van der Waals surface area contributed by atoms with Crippen molar-refractivity contribution in [3.8, 4) is 11.4 Å². The predicted molar refractivity (Wildman–Crippen MR) is 102 cm³/mol. The second-order valence-corrected chi connectivity index (χ2v) is 6.84. The van der Waals surface area contributed by atoms with E-state index in [1.165, 1.54) is 18.6 Å². The Morgan fingerprint density at radius 2 is 1.66 bits per heavy atom. The van der Waals surface area contributed by atoms with Gasteiger partial charge in [-0.15, -0.1) is 5.10 Å². The van der Waals surface area contributed by atoms with Crippen LogP contribution in [-0.2, 0) is 17.1 Å². The van der Waals surface area contributed by atoms with E-state index in [1.54, 1.807) is 0 Å². The highest BCUT2D eigenvalue weighted by Crippen LogP contribution is 2.38. The van der Waals surface area contributed by atoms with E-state index in [-0.39, 0.29) is 16.4 Å². The molecule has 0 aliphatic heterocycles. The van der Waals surface area contributed by atoms with E-state index in [4.69, 9.17) is 0 Å². The zero-order valence-corrected chi connectivity index (χ0v) is 17.0. The van der Waals surface area contributed by atoms with Gasteiger partial charge in [0.15, 0.2) is 11.6 Å². The van der Waals surface area contributed by atoms with Crippen LogP contribution in [0, 0.1) is 0 Å². The predicted octanol–water partition coefficient (Wildman–Crippen LogP) is 4.11. The van der Waals surface area contributed by atoms with E-state index < -0.39 is 40.8 Å². The Balaban J connectivity index is 1.82. The first-order valence-electron chi connectivity index (χ1n) is 8.34. The lowest BCUT2D eigenvalue weighted by atomic mass is 10.0. The number of nitrogens with zero attached hydrogens (tertiary/aromatic N) is 5. The van der Waals surface area contributed by atoms with Crippen LogP contribution in [0.4, 0.5) is 32.2 Å². The molecule has 168 valence electrons. The average molecular weight is 522 g/mol. The van der Waals surface area contributed by atoms with Gasteiger partial charge in [-0.25, -0.2) is 14.6 Å². The maximum atomic E-state index is 13.0. The molecule has 2 N–H and O–H groups in total. The molecule has 0 spiro atoms. The number of alkyl halides is 6. The van der Waals surface area contributed by atoms with Crippen molar-refractivity contribution < 1.29 is 31.1 Å². The number of aromatic nitrogens is 5. The monoisotopic (exact) mass is 521 g/mol. The van der Waals surface area contributed by atoms with Gasteiger partial charge in [0.1, 0.15) is 10.8 Å². The Morgan fingerprint density at radius 3 is 2.22 bits per heavy atom. The van der Waals surface area contributed by atoms with E-state index in [9.17, 15) is 31.1 Å². The quantitative estimate of drug-likeness (QED) is 0.298. The van der Waals surface area contributed by atoms with Crippen LogP contribution < -0.4 is 10.9 Å². The molecule has 0 saturated heterocycles. The molecular formula is C17H10BrF6N7O. The number of carbonyl (C=O) groups is 1. The fourth-order valence-corrected chi connectivity index (χ4v) is 2.58. The smallest absolute Gasteiger partial charge is 0.280 e. The number of rotatable bonds is 5. The van der Waals surface area contributed by atoms with E-state index in [2.05, 4.69) is 46.8 Å². The number of halogens is 7. The van der Waals surface area contributed by atoms with Gasteiger partial charge in [0.25, 0.3) is 5.91 Å². The summed E-state index contributed by atoms with van der Waals surface area (Å²) >= 11 is 2.98. The highest BCUT2D eigenvalue weighted by atomic mass is 79.9. The molecular weight excluding hydrogens is 512 g/mol. The Morgan fingerprint density at radius 1 is 1.00 bits per heavy atom. The molecule has 1 amide bonds. The lowest BCUT2D eigenvalue weighted by Gasteiger charge is -2.13. The molecule has 0 bridgehead atoms. The summed E-state index contributed by atoms with van der Waals surface area (Å²) in [6.07, 6.45) is -3.76. The first-order valence-corrected chi connectivity index (χ1v) is 9.13. The molecule has 2 heterocycles. The van der Waals surface area contributed by atoms with Gasteiger partial charge in [0, 0.05) is 18.0 Å². The Hall–Kier alpha value is -3.49. The molecule has 0 radical (unpaired) electrons. The molecule has 2 aromatic heterocycles. The van der Waals surface area contributed by atoms with Crippen LogP contribution in [0.25, 0.3) is 17.6 Å². The van der Waals surface area contributed by atoms with Crippen LogP contribution in [0.5, 0.6) is 0 Å². The molecule has 32 heavy (non-hydrogen) atoms. The number of anilines is 1. The number of nitrogens with one attached hydrogen (secondary N) is 2. The molecule has 15 heteroatoms. The molecule has 3 rings (SSSR count). The molecule has 0 atom stereocenters. The summed E-state index contributed by atoms with van der Waals surface area (Å²) in [7, 11) is 0. The van der Waals surface area contributed by atoms with E-state index >= 15 is 0 Å². The maximum absolute atomic E-state index is 13.0. The molecule has 0 aliphatic carbocycles. The fraction of sp³-hybridized carbons (Fsp3) is 0.118. The zero-order valence-electron chi connectivity index (χ0n) is 15.4. The van der Waals surface area contributed by atoms with Crippen molar-refractivity contribution >= 4 is 33.9 Å². The van der Waals surface area contributed by atoms with Gasteiger partial charge in [0.2, 0.25) is 0 Å². The van der Waals surface area contributed by atoms with Crippen LogP contribution in [0.2, 0.25) is 0 Å². The van der Waals surface area contributed by atoms with Crippen molar-refractivity contribution in [1.29, 1.82) is 0 Å². The van der Waals surface area contributed by atoms with E-state index in [1.807, 2.05) is 0 Å². The number of carbonyl (C=O) groups excluding carboxylic acids is 1. The molecule has 8 nitrogen and oxygen atoms in total. The normalized spacial score (nSPS) is 12.5. The average Bonchev–Trinajstić information content (AvgIpc) is 3.19. The minimum atomic E-state index is -5.00. The third-order valence-corrected chi connectivity index (χ3v) is 4.25. The standard InChI is InChI=1S/C17H10BrF6N7O/c18-12(15(32)29-28-13-6-25-1-2-26-13)7-31-8-27-14(30-31)9-3-10(16(19,20)21)5-11(4-9)17(22,23)24/h1-8H,(H,26,28)(H,29,32)/b12-7+. The van der Waals surface area contributed by atoms with E-state index in [0.717, 1.165) is 17.2 Å². The Kier molecular flexibility index (Phi) is 6.47. The summed E-state index contributed by atoms with van der Waals surface area (Å²) in [5.41, 5.74) is 1.28. The summed E-state index contributed by atoms with van der Waals surface area (Å²) in [4.78, 5) is 23.4. The van der Waals surface area contributed by atoms with Crippen LogP contribution in [0.3, 0.4) is 0 Å². The number of hydrazine groups is 1. The SMILES string of the molecule is O=C(NNc1cnccn1)/C(Br)=C\n1cnc(-c2cc(C(F)(F)F)cc(C(F)(F)F)c2)n1. The summed E-state index contributed by atoms with van der Waals surface area (Å²) in [5.74, 6) is -0.850. The Bertz CT molecular complexity index is 1110. The van der Waals surface area contributed by atoms with Gasteiger partial charge in [0.05, 0.1) is 23.5 Å². The van der Waals surface area contributed by atoms with Crippen LogP contribution in [-0.4, -0.2) is 30.6 Å². The van der Waals surface area contributed by atoms with E-state index in [0.29, 0.717) is 12.1 Å². The molecule has 3 aromatic rings.